The largest absolute Gasteiger partial charge is 0.383 e. The van der Waals surface area contributed by atoms with Crippen molar-refractivity contribution in [3.8, 4) is 0 Å². The Hall–Kier alpha value is -3.01. The molecular weight excluding hydrogens is 450 g/mol. The molecule has 4 rings (SSSR count). The summed E-state index contributed by atoms with van der Waals surface area (Å²) in [7, 11) is 0. The molecule has 4 heterocycles. The van der Waals surface area contributed by atoms with Gasteiger partial charge < -0.3 is 20.5 Å². The first kappa shape index (κ1) is 20.3. The van der Waals surface area contributed by atoms with Crippen LogP contribution in [0, 0.1) is 5.92 Å². The molecule has 3 atom stereocenters. The molecule has 0 aromatic carbocycles. The van der Waals surface area contributed by atoms with Crippen molar-refractivity contribution in [1.29, 1.82) is 0 Å². The van der Waals surface area contributed by atoms with Crippen molar-refractivity contribution >= 4 is 50.4 Å². The molecule has 0 saturated carbocycles. The summed E-state index contributed by atoms with van der Waals surface area (Å²) in [5, 5.41) is 3.53. The van der Waals surface area contributed by atoms with Crippen molar-refractivity contribution in [2.24, 2.45) is 5.92 Å². The normalized spacial score (nSPS) is 21.2. The number of nitrogens with one attached hydrogen (secondary N) is 1. The molecule has 0 unspecified atom stereocenters. The summed E-state index contributed by atoms with van der Waals surface area (Å²) in [6.45, 7) is 4.09. The van der Waals surface area contributed by atoms with Gasteiger partial charge in [0.1, 0.15) is 40.8 Å². The van der Waals surface area contributed by atoms with Crippen LogP contribution in [0.25, 0.3) is 11.0 Å². The van der Waals surface area contributed by atoms with Crippen LogP contribution in [0.15, 0.2) is 41.4 Å². The highest BCUT2D eigenvalue weighted by atomic mass is 79.9. The van der Waals surface area contributed by atoms with Gasteiger partial charge >= 0.3 is 0 Å². The Labute approximate surface area is 181 Å². The second kappa shape index (κ2) is 8.02. The van der Waals surface area contributed by atoms with Gasteiger partial charge in [-0.3, -0.25) is 9.59 Å². The summed E-state index contributed by atoms with van der Waals surface area (Å²) in [5.74, 6) is 0.614. The molecule has 1 fully saturated rings. The molecular formula is C20H22BrN7O2. The fraction of sp³-hybridized carbons (Fsp3) is 0.350. The van der Waals surface area contributed by atoms with E-state index in [-0.39, 0.29) is 30.3 Å². The van der Waals surface area contributed by atoms with Crippen LogP contribution in [-0.4, -0.2) is 48.3 Å². The first-order chi connectivity index (χ1) is 14.3. The lowest BCUT2D eigenvalue weighted by molar-refractivity contribution is -0.139. The average Bonchev–Trinajstić information content (AvgIpc) is 3.24. The number of nitrogens with zero attached hydrogens (tertiary/aromatic N) is 5. The summed E-state index contributed by atoms with van der Waals surface area (Å²) < 4.78 is 2.36. The number of carbonyl (C=O) groups excluding carboxylic acids is 2. The fourth-order valence-electron chi connectivity index (χ4n) is 3.92. The molecule has 0 spiro atoms. The van der Waals surface area contributed by atoms with Crippen molar-refractivity contribution in [3.63, 3.8) is 0 Å². The van der Waals surface area contributed by atoms with Gasteiger partial charge in [-0.05, 0) is 53.4 Å². The van der Waals surface area contributed by atoms with E-state index in [2.05, 4.69) is 43.1 Å². The molecule has 9 nitrogen and oxygen atoms in total. The predicted octanol–water partition coefficient (Wildman–Crippen LogP) is 2.44. The maximum atomic E-state index is 13.2. The van der Waals surface area contributed by atoms with Gasteiger partial charge in [-0.2, -0.15) is 0 Å². The van der Waals surface area contributed by atoms with Crippen LogP contribution >= 0.6 is 15.9 Å². The number of nitrogens with two attached hydrogens (primary N) is 1. The standard InChI is InChI=1S/C20H22BrN7O2/c1-11-8-14(20(30)26-16-5-3-4-15(21)25-16)28(12(11)2)17(29)9-27-7-6-13-18(22)23-10-24-19(13)27/h3-7,10-12,14H,8-9H2,1-2H3,(H2,22,23,24)(H,25,26,30)/t11-,12-,14+/m1/s1. The Morgan fingerprint density at radius 1 is 1.27 bits per heavy atom. The Morgan fingerprint density at radius 2 is 2.07 bits per heavy atom. The van der Waals surface area contributed by atoms with E-state index in [0.29, 0.717) is 33.7 Å². The number of carbonyl (C=O) groups is 2. The minimum absolute atomic E-state index is 0.0646. The van der Waals surface area contributed by atoms with Gasteiger partial charge in [0, 0.05) is 12.2 Å². The zero-order chi connectivity index (χ0) is 21.4. The number of halogens is 1. The SMILES string of the molecule is C[C@@H]1C[C@@H](C(=O)Nc2cccc(Br)n2)N(C(=O)Cn2ccc3c(N)ncnc32)[C@@H]1C. The molecule has 10 heteroatoms. The zero-order valence-electron chi connectivity index (χ0n) is 16.6. The predicted molar refractivity (Wildman–Crippen MR) is 116 cm³/mol. The number of hydrogen-bond acceptors (Lipinski definition) is 6. The van der Waals surface area contributed by atoms with Crippen LogP contribution in [-0.2, 0) is 16.1 Å². The molecule has 1 aliphatic heterocycles. The number of anilines is 2. The third-order valence-electron chi connectivity index (χ3n) is 5.64. The first-order valence-corrected chi connectivity index (χ1v) is 10.4. The highest BCUT2D eigenvalue weighted by Gasteiger charge is 2.43. The minimum Gasteiger partial charge on any atom is -0.383 e. The lowest BCUT2D eigenvalue weighted by Crippen LogP contribution is -2.47. The van der Waals surface area contributed by atoms with Crippen molar-refractivity contribution in [2.75, 3.05) is 11.1 Å². The molecule has 1 aliphatic rings. The summed E-state index contributed by atoms with van der Waals surface area (Å²) in [6.07, 6.45) is 3.73. The molecule has 2 amide bonds. The molecule has 1 saturated heterocycles. The van der Waals surface area contributed by atoms with Crippen LogP contribution in [0.1, 0.15) is 20.3 Å². The van der Waals surface area contributed by atoms with E-state index in [0.717, 1.165) is 0 Å². The minimum atomic E-state index is -0.565. The van der Waals surface area contributed by atoms with Gasteiger partial charge in [0.2, 0.25) is 11.8 Å². The van der Waals surface area contributed by atoms with Crippen LogP contribution < -0.4 is 11.1 Å². The molecule has 3 aromatic heterocycles. The van der Waals surface area contributed by atoms with Crippen molar-refractivity contribution in [3.05, 3.63) is 41.4 Å². The summed E-state index contributed by atoms with van der Waals surface area (Å²) in [6, 6.07) is 6.45. The van der Waals surface area contributed by atoms with Crippen LogP contribution in [0.4, 0.5) is 11.6 Å². The number of hydrogen-bond donors (Lipinski definition) is 2. The third-order valence-corrected chi connectivity index (χ3v) is 6.08. The van der Waals surface area contributed by atoms with Crippen molar-refractivity contribution in [1.82, 2.24) is 24.4 Å². The van der Waals surface area contributed by atoms with Crippen LogP contribution in [0.2, 0.25) is 0 Å². The summed E-state index contributed by atoms with van der Waals surface area (Å²) in [5.41, 5.74) is 6.48. The number of aromatic nitrogens is 4. The topological polar surface area (TPSA) is 119 Å². The van der Waals surface area contributed by atoms with Gasteiger partial charge in [-0.25, -0.2) is 15.0 Å². The average molecular weight is 472 g/mol. The Kier molecular flexibility index (Phi) is 5.42. The monoisotopic (exact) mass is 471 g/mol. The van der Waals surface area contributed by atoms with Crippen molar-refractivity contribution in [2.45, 2.75) is 38.9 Å². The second-order valence-corrected chi connectivity index (χ2v) is 8.36. The van der Waals surface area contributed by atoms with Crippen molar-refractivity contribution < 1.29 is 9.59 Å². The highest BCUT2D eigenvalue weighted by molar-refractivity contribution is 9.10. The van der Waals surface area contributed by atoms with Crippen LogP contribution in [0.5, 0.6) is 0 Å². The van der Waals surface area contributed by atoms with Crippen LogP contribution in [0.3, 0.4) is 0 Å². The maximum absolute atomic E-state index is 13.2. The quantitative estimate of drug-likeness (QED) is 0.563. The smallest absolute Gasteiger partial charge is 0.248 e. The zero-order valence-corrected chi connectivity index (χ0v) is 18.2. The molecule has 0 bridgehead atoms. The van der Waals surface area contributed by atoms with Gasteiger partial charge in [-0.15, -0.1) is 0 Å². The van der Waals surface area contributed by atoms with E-state index in [9.17, 15) is 9.59 Å². The van der Waals surface area contributed by atoms with Gasteiger partial charge in [-0.1, -0.05) is 13.0 Å². The maximum Gasteiger partial charge on any atom is 0.248 e. The number of amides is 2. The second-order valence-electron chi connectivity index (χ2n) is 7.55. The lowest BCUT2D eigenvalue weighted by atomic mass is 10.0. The highest BCUT2D eigenvalue weighted by Crippen LogP contribution is 2.31. The molecule has 0 radical (unpaired) electrons. The first-order valence-electron chi connectivity index (χ1n) is 9.65. The number of rotatable bonds is 4. The number of nitrogen functional groups attached to an aromatic ring is 1. The van der Waals surface area contributed by atoms with E-state index in [1.165, 1.54) is 6.33 Å². The number of pyridine rings is 1. The van der Waals surface area contributed by atoms with Gasteiger partial charge in [0.05, 0.1) is 5.39 Å². The number of likely N-dealkylation sites (tertiary alicyclic amines) is 1. The summed E-state index contributed by atoms with van der Waals surface area (Å²) >= 11 is 3.30. The molecule has 30 heavy (non-hydrogen) atoms. The summed E-state index contributed by atoms with van der Waals surface area (Å²) in [4.78, 5) is 40.4. The van der Waals surface area contributed by atoms with E-state index in [1.807, 2.05) is 6.92 Å². The molecule has 156 valence electrons. The Bertz CT molecular complexity index is 1120. The fourth-order valence-corrected chi connectivity index (χ4v) is 4.26. The Morgan fingerprint density at radius 3 is 2.83 bits per heavy atom. The molecule has 3 aromatic rings. The molecule has 3 N–H and O–H groups in total. The molecule has 0 aliphatic carbocycles. The van der Waals surface area contributed by atoms with E-state index < -0.39 is 6.04 Å². The van der Waals surface area contributed by atoms with E-state index >= 15 is 0 Å². The van der Waals surface area contributed by atoms with E-state index in [1.54, 1.807) is 39.9 Å². The van der Waals surface area contributed by atoms with Gasteiger partial charge in [0.25, 0.3) is 0 Å². The third kappa shape index (κ3) is 3.74. The lowest BCUT2D eigenvalue weighted by Gasteiger charge is -2.28. The van der Waals surface area contributed by atoms with Gasteiger partial charge in [0.15, 0.2) is 0 Å². The number of fused-ring (bicyclic) bond motifs is 1. The van der Waals surface area contributed by atoms with E-state index in [4.69, 9.17) is 5.73 Å². The Balaban J connectivity index is 1.55.